The Balaban J connectivity index is 4.23. The van der Waals surface area contributed by atoms with E-state index in [9.17, 15) is 14.4 Å². The molecule has 6 nitrogen and oxygen atoms in total. The third kappa shape index (κ3) is 68.2. The van der Waals surface area contributed by atoms with E-state index in [4.69, 9.17) is 14.2 Å². The molecular weight excluding hydrogens is 1010 g/mol. The smallest absolute Gasteiger partial charge is 0.306 e. The average Bonchev–Trinajstić information content (AvgIpc) is 3.47. The van der Waals surface area contributed by atoms with Gasteiger partial charge in [-0.25, -0.2) is 0 Å². The van der Waals surface area contributed by atoms with Crippen LogP contribution >= 0.6 is 0 Å². The Morgan fingerprint density at radius 1 is 0.256 bits per heavy atom. The van der Waals surface area contributed by atoms with E-state index < -0.39 is 6.10 Å². The van der Waals surface area contributed by atoms with Gasteiger partial charge >= 0.3 is 17.9 Å². The van der Waals surface area contributed by atoms with Gasteiger partial charge in [-0.3, -0.25) is 14.4 Å². The summed E-state index contributed by atoms with van der Waals surface area (Å²) in [6.07, 6.45) is 90.1. The maximum absolute atomic E-state index is 13.0. The summed E-state index contributed by atoms with van der Waals surface area (Å²) in [4.78, 5) is 38.5. The van der Waals surface area contributed by atoms with Gasteiger partial charge in [0.05, 0.1) is 0 Å². The van der Waals surface area contributed by atoms with Crippen LogP contribution in [0.3, 0.4) is 0 Å². The SMILES string of the molecule is CC/C=C\C/C=C\C/C=C\C/C=C\CCCCCCC(=O)OCC(COC(=O)CCCCCCCCCCCCCCCCCCCCCCCCCCCCCCC)OC(=O)CCCCCCCCCCCCCCCCCCCC. The van der Waals surface area contributed by atoms with Crippen LogP contribution in [0.1, 0.15) is 400 Å². The second-order valence-electron chi connectivity index (χ2n) is 24.8. The van der Waals surface area contributed by atoms with E-state index in [0.717, 1.165) is 96.3 Å². The molecule has 0 aromatic rings. The molecule has 1 atom stereocenters. The molecule has 0 heterocycles. The summed E-state index contributed by atoms with van der Waals surface area (Å²) in [6.45, 7) is 6.59. The summed E-state index contributed by atoms with van der Waals surface area (Å²) in [5.41, 5.74) is 0. The van der Waals surface area contributed by atoms with Crippen LogP contribution < -0.4 is 0 Å². The lowest BCUT2D eigenvalue weighted by Gasteiger charge is -2.18. The number of esters is 3. The topological polar surface area (TPSA) is 78.9 Å². The molecule has 0 saturated heterocycles. The number of allylic oxidation sites excluding steroid dienone is 8. The van der Waals surface area contributed by atoms with Gasteiger partial charge in [0, 0.05) is 19.3 Å². The van der Waals surface area contributed by atoms with Crippen molar-refractivity contribution in [3.8, 4) is 0 Å². The maximum atomic E-state index is 13.0. The second-order valence-corrected chi connectivity index (χ2v) is 24.8. The Labute approximate surface area is 511 Å². The van der Waals surface area contributed by atoms with Gasteiger partial charge in [0.1, 0.15) is 13.2 Å². The molecule has 0 saturated carbocycles. The summed E-state index contributed by atoms with van der Waals surface area (Å²) >= 11 is 0. The maximum Gasteiger partial charge on any atom is 0.306 e. The normalized spacial score (nSPS) is 12.3. The number of rotatable bonds is 68. The molecule has 0 fully saturated rings. The fourth-order valence-electron chi connectivity index (χ4n) is 11.1. The van der Waals surface area contributed by atoms with Crippen molar-refractivity contribution < 1.29 is 28.6 Å². The number of carbonyl (C=O) groups excluding carboxylic acids is 3. The van der Waals surface area contributed by atoms with Crippen molar-refractivity contribution in [2.75, 3.05) is 13.2 Å². The summed E-state index contributed by atoms with van der Waals surface area (Å²) in [5, 5.41) is 0. The highest BCUT2D eigenvalue weighted by atomic mass is 16.6. The zero-order chi connectivity index (χ0) is 59.2. The second kappa shape index (κ2) is 70.9. The highest BCUT2D eigenvalue weighted by Gasteiger charge is 2.19. The average molecular weight is 1150 g/mol. The molecule has 0 aromatic heterocycles. The zero-order valence-corrected chi connectivity index (χ0v) is 55.3. The first-order chi connectivity index (χ1) is 40.5. The van der Waals surface area contributed by atoms with E-state index in [1.165, 1.54) is 263 Å². The standard InChI is InChI=1S/C76H140O6/c1-4-7-10-13-16-19-22-25-28-31-33-34-35-36-37-38-39-40-41-42-43-46-48-51-54-57-60-63-66-69-75(78)81-72-73(71-80-74(77)68-65-62-59-56-53-50-47-44-30-27-24-21-18-15-12-9-6-3)82-76(79)70-67-64-61-58-55-52-49-45-32-29-26-23-20-17-14-11-8-5-2/h9,12,18,21,27,30,47,50,73H,4-8,10-11,13-17,19-20,22-26,28-29,31-46,48-49,51-72H2,1-3H3/b12-9-,21-18-,30-27-,50-47-. The number of ether oxygens (including phenoxy) is 3. The molecule has 0 aliphatic heterocycles. The van der Waals surface area contributed by atoms with Gasteiger partial charge in [-0.2, -0.15) is 0 Å². The quantitative estimate of drug-likeness (QED) is 0.0261. The van der Waals surface area contributed by atoms with Crippen LogP contribution in [0.5, 0.6) is 0 Å². The van der Waals surface area contributed by atoms with Crippen LogP contribution in [-0.4, -0.2) is 37.2 Å². The van der Waals surface area contributed by atoms with Gasteiger partial charge in [0.2, 0.25) is 0 Å². The highest BCUT2D eigenvalue weighted by Crippen LogP contribution is 2.19. The van der Waals surface area contributed by atoms with E-state index in [1.54, 1.807) is 0 Å². The molecule has 6 heteroatoms. The van der Waals surface area contributed by atoms with Crippen LogP contribution in [0, 0.1) is 0 Å². The van der Waals surface area contributed by atoms with Crippen LogP contribution in [0.25, 0.3) is 0 Å². The van der Waals surface area contributed by atoms with Crippen molar-refractivity contribution >= 4 is 17.9 Å². The number of unbranched alkanes of at least 4 members (excludes halogenated alkanes) is 49. The number of hydrogen-bond acceptors (Lipinski definition) is 6. The van der Waals surface area contributed by atoms with Crippen molar-refractivity contribution in [1.29, 1.82) is 0 Å². The third-order valence-corrected chi connectivity index (χ3v) is 16.6. The minimum absolute atomic E-state index is 0.0756. The van der Waals surface area contributed by atoms with Gasteiger partial charge in [-0.15, -0.1) is 0 Å². The highest BCUT2D eigenvalue weighted by molar-refractivity contribution is 5.71. The lowest BCUT2D eigenvalue weighted by Crippen LogP contribution is -2.30. The Hall–Kier alpha value is -2.63. The Morgan fingerprint density at radius 3 is 0.744 bits per heavy atom. The molecule has 480 valence electrons. The predicted molar refractivity (Wildman–Crippen MR) is 358 cm³/mol. The van der Waals surface area contributed by atoms with Crippen molar-refractivity contribution in [2.24, 2.45) is 0 Å². The number of carbonyl (C=O) groups is 3. The molecule has 0 radical (unpaired) electrons. The number of hydrogen-bond donors (Lipinski definition) is 0. The van der Waals surface area contributed by atoms with Gasteiger partial charge in [-0.1, -0.05) is 371 Å². The zero-order valence-electron chi connectivity index (χ0n) is 55.3. The van der Waals surface area contributed by atoms with Gasteiger partial charge in [0.15, 0.2) is 6.10 Å². The van der Waals surface area contributed by atoms with E-state index in [1.807, 2.05) is 0 Å². The molecule has 0 N–H and O–H groups in total. The minimum atomic E-state index is -0.782. The first-order valence-electron chi connectivity index (χ1n) is 36.6. The van der Waals surface area contributed by atoms with E-state index in [-0.39, 0.29) is 31.1 Å². The van der Waals surface area contributed by atoms with E-state index in [0.29, 0.717) is 19.3 Å². The fourth-order valence-corrected chi connectivity index (χ4v) is 11.1. The molecule has 0 amide bonds. The van der Waals surface area contributed by atoms with Gasteiger partial charge in [-0.05, 0) is 57.8 Å². The van der Waals surface area contributed by atoms with Crippen molar-refractivity contribution in [3.05, 3.63) is 48.6 Å². The largest absolute Gasteiger partial charge is 0.462 e. The first-order valence-corrected chi connectivity index (χ1v) is 36.6. The van der Waals surface area contributed by atoms with Crippen molar-refractivity contribution in [2.45, 2.75) is 406 Å². The molecule has 0 bridgehead atoms. The monoisotopic (exact) mass is 1150 g/mol. The van der Waals surface area contributed by atoms with Gasteiger partial charge in [0.25, 0.3) is 0 Å². The predicted octanol–water partition coefficient (Wildman–Crippen LogP) is 25.3. The molecule has 0 aliphatic rings. The summed E-state index contributed by atoms with van der Waals surface area (Å²) in [6, 6.07) is 0. The van der Waals surface area contributed by atoms with Crippen LogP contribution in [0.4, 0.5) is 0 Å². The molecular formula is C76H140O6. The Kier molecular flexibility index (Phi) is 68.6. The Bertz CT molecular complexity index is 1410. The van der Waals surface area contributed by atoms with Crippen LogP contribution in [0.2, 0.25) is 0 Å². The van der Waals surface area contributed by atoms with Crippen LogP contribution in [-0.2, 0) is 28.6 Å². The molecule has 0 rings (SSSR count). The van der Waals surface area contributed by atoms with E-state index in [2.05, 4.69) is 69.4 Å². The molecule has 1 unspecified atom stereocenters. The molecule has 0 aromatic carbocycles. The lowest BCUT2D eigenvalue weighted by molar-refractivity contribution is -0.167. The van der Waals surface area contributed by atoms with Gasteiger partial charge < -0.3 is 14.2 Å². The van der Waals surface area contributed by atoms with Crippen molar-refractivity contribution in [3.63, 3.8) is 0 Å². The Morgan fingerprint density at radius 2 is 0.476 bits per heavy atom. The molecule has 82 heavy (non-hydrogen) atoms. The first kappa shape index (κ1) is 79.4. The van der Waals surface area contributed by atoms with Crippen molar-refractivity contribution in [1.82, 2.24) is 0 Å². The lowest BCUT2D eigenvalue weighted by atomic mass is 10.0. The summed E-state index contributed by atoms with van der Waals surface area (Å²) in [7, 11) is 0. The minimum Gasteiger partial charge on any atom is -0.462 e. The van der Waals surface area contributed by atoms with Crippen LogP contribution in [0.15, 0.2) is 48.6 Å². The fraction of sp³-hybridized carbons (Fsp3) is 0.855. The molecule has 0 aliphatic carbocycles. The van der Waals surface area contributed by atoms with E-state index >= 15 is 0 Å². The summed E-state index contributed by atoms with van der Waals surface area (Å²) < 4.78 is 17.0. The molecule has 0 spiro atoms. The summed E-state index contributed by atoms with van der Waals surface area (Å²) in [5.74, 6) is -0.871. The third-order valence-electron chi connectivity index (χ3n) is 16.6.